The van der Waals surface area contributed by atoms with Gasteiger partial charge in [0.1, 0.15) is 5.75 Å². The van der Waals surface area contributed by atoms with Crippen LogP contribution in [0.15, 0.2) is 72.9 Å². The number of phenols is 1. The lowest BCUT2D eigenvalue weighted by Gasteiger charge is -2.17. The largest absolute Gasteiger partial charge is 0.507 e. The second kappa shape index (κ2) is 7.57. The number of hydrogen-bond donors (Lipinski definition) is 1. The Bertz CT molecular complexity index is 1310. The molecule has 0 radical (unpaired) electrons. The Balaban J connectivity index is 2.17. The van der Waals surface area contributed by atoms with Gasteiger partial charge in [0, 0.05) is 33.8 Å². The molecule has 0 fully saturated rings. The van der Waals surface area contributed by atoms with Gasteiger partial charge in [-0.2, -0.15) is 13.2 Å². The molecule has 0 amide bonds. The summed E-state index contributed by atoms with van der Waals surface area (Å²) < 4.78 is 40.8. The number of para-hydroxylation sites is 2. The highest BCUT2D eigenvalue weighted by molar-refractivity contribution is 6.05. The number of aromatic hydroxyl groups is 1. The number of aromatic nitrogens is 1. The van der Waals surface area contributed by atoms with Crippen molar-refractivity contribution in [1.82, 2.24) is 4.98 Å². The van der Waals surface area contributed by atoms with Crippen molar-refractivity contribution in [3.63, 3.8) is 0 Å². The maximum Gasteiger partial charge on any atom is 0.418 e. The van der Waals surface area contributed by atoms with Gasteiger partial charge in [-0.3, -0.25) is 4.98 Å². The predicted molar refractivity (Wildman–Crippen MR) is 112 cm³/mol. The number of hydrogen-bond acceptors (Lipinski definition) is 2. The number of alkyl halides is 3. The third-order valence-electron chi connectivity index (χ3n) is 4.85. The second-order valence-electron chi connectivity index (χ2n) is 6.68. The van der Waals surface area contributed by atoms with E-state index in [0.29, 0.717) is 22.1 Å². The summed E-state index contributed by atoms with van der Waals surface area (Å²) in [4.78, 5) is 4.19. The number of benzene rings is 3. The van der Waals surface area contributed by atoms with E-state index in [1.54, 1.807) is 31.2 Å². The van der Waals surface area contributed by atoms with Crippen LogP contribution in [0.25, 0.3) is 33.2 Å². The zero-order valence-corrected chi connectivity index (χ0v) is 16.0. The van der Waals surface area contributed by atoms with Crippen LogP contribution in [0.4, 0.5) is 13.2 Å². The van der Waals surface area contributed by atoms with E-state index < -0.39 is 11.7 Å². The first-order chi connectivity index (χ1) is 14.4. The molecule has 30 heavy (non-hydrogen) atoms. The third kappa shape index (κ3) is 3.37. The number of nitrogens with zero attached hydrogens (tertiary/aromatic N) is 1. The fourth-order valence-electron chi connectivity index (χ4n) is 3.59. The maximum atomic E-state index is 13.6. The summed E-state index contributed by atoms with van der Waals surface area (Å²) >= 11 is 0. The van der Waals surface area contributed by atoms with Crippen LogP contribution in [0.5, 0.6) is 5.75 Å². The van der Waals surface area contributed by atoms with E-state index in [-0.39, 0.29) is 11.3 Å². The first-order valence-corrected chi connectivity index (χ1v) is 9.21. The quantitative estimate of drug-likeness (QED) is 0.380. The van der Waals surface area contributed by atoms with Gasteiger partial charge in [0.2, 0.25) is 0 Å². The molecule has 148 valence electrons. The van der Waals surface area contributed by atoms with E-state index in [1.807, 2.05) is 24.3 Å². The first-order valence-electron chi connectivity index (χ1n) is 9.21. The Hall–Kier alpha value is -3.78. The Morgan fingerprint density at radius 3 is 2.23 bits per heavy atom. The molecule has 0 spiro atoms. The monoisotopic (exact) mass is 403 g/mol. The smallest absolute Gasteiger partial charge is 0.418 e. The molecule has 0 bridgehead atoms. The van der Waals surface area contributed by atoms with Crippen molar-refractivity contribution in [3.8, 4) is 39.8 Å². The first kappa shape index (κ1) is 19.5. The van der Waals surface area contributed by atoms with Crippen LogP contribution in [0.1, 0.15) is 18.1 Å². The minimum Gasteiger partial charge on any atom is -0.507 e. The van der Waals surface area contributed by atoms with Gasteiger partial charge in [0.05, 0.1) is 11.1 Å². The van der Waals surface area contributed by atoms with Crippen molar-refractivity contribution in [2.24, 2.45) is 0 Å². The molecule has 5 heteroatoms. The summed E-state index contributed by atoms with van der Waals surface area (Å²) in [6, 6.07) is 17.9. The van der Waals surface area contributed by atoms with E-state index >= 15 is 0 Å². The van der Waals surface area contributed by atoms with Gasteiger partial charge < -0.3 is 5.11 Å². The van der Waals surface area contributed by atoms with Gasteiger partial charge in [-0.15, -0.1) is 5.92 Å². The van der Waals surface area contributed by atoms with E-state index in [9.17, 15) is 18.3 Å². The van der Waals surface area contributed by atoms with Crippen LogP contribution in [0, 0.1) is 11.8 Å². The van der Waals surface area contributed by atoms with E-state index in [1.165, 1.54) is 18.3 Å². The van der Waals surface area contributed by atoms with Gasteiger partial charge in [0.15, 0.2) is 0 Å². The molecule has 1 N–H and O–H groups in total. The molecular formula is C25H16F3NO. The summed E-state index contributed by atoms with van der Waals surface area (Å²) in [6.07, 6.45) is -3.12. The lowest BCUT2D eigenvalue weighted by molar-refractivity contribution is -0.136. The van der Waals surface area contributed by atoms with E-state index in [4.69, 9.17) is 0 Å². The minimum atomic E-state index is -4.55. The molecule has 2 nitrogen and oxygen atoms in total. The summed E-state index contributed by atoms with van der Waals surface area (Å²) in [6.45, 7) is 1.72. The molecular weight excluding hydrogens is 387 g/mol. The van der Waals surface area contributed by atoms with E-state index in [2.05, 4.69) is 16.8 Å². The van der Waals surface area contributed by atoms with Crippen molar-refractivity contribution in [3.05, 3.63) is 84.1 Å². The highest BCUT2D eigenvalue weighted by Gasteiger charge is 2.34. The van der Waals surface area contributed by atoms with Gasteiger partial charge in [-0.1, -0.05) is 54.5 Å². The van der Waals surface area contributed by atoms with Crippen LogP contribution in [-0.4, -0.2) is 10.1 Å². The molecule has 0 atom stereocenters. The predicted octanol–water partition coefficient (Wildman–Crippen LogP) is 6.66. The van der Waals surface area contributed by atoms with Crippen LogP contribution >= 0.6 is 0 Å². The molecule has 0 aliphatic carbocycles. The molecule has 0 aliphatic rings. The topological polar surface area (TPSA) is 33.1 Å². The highest BCUT2D eigenvalue weighted by Crippen LogP contribution is 2.44. The van der Waals surface area contributed by atoms with Crippen molar-refractivity contribution in [2.45, 2.75) is 13.1 Å². The van der Waals surface area contributed by atoms with Crippen LogP contribution in [0.2, 0.25) is 0 Å². The fourth-order valence-corrected chi connectivity index (χ4v) is 3.59. The summed E-state index contributed by atoms with van der Waals surface area (Å²) in [5, 5.41) is 10.8. The highest BCUT2D eigenvalue weighted by atomic mass is 19.4. The fraction of sp³-hybridized carbons (Fsp3) is 0.0800. The Morgan fingerprint density at radius 2 is 1.53 bits per heavy atom. The lowest BCUT2D eigenvalue weighted by atomic mass is 9.89. The summed E-state index contributed by atoms with van der Waals surface area (Å²) in [5.74, 6) is 5.87. The van der Waals surface area contributed by atoms with Crippen molar-refractivity contribution < 1.29 is 18.3 Å². The van der Waals surface area contributed by atoms with Gasteiger partial charge in [-0.25, -0.2) is 0 Å². The molecule has 1 heterocycles. The molecule has 0 aliphatic heterocycles. The average Bonchev–Trinajstić information content (AvgIpc) is 2.73. The molecule has 0 saturated carbocycles. The third-order valence-corrected chi connectivity index (χ3v) is 4.85. The summed E-state index contributed by atoms with van der Waals surface area (Å²) in [7, 11) is 0. The molecule has 4 aromatic rings. The SMILES string of the molecule is CC#Cc1ccccc1-c1cnc2c(C(F)(F)F)cccc2c1-c1ccccc1O. The standard InChI is InChI=1S/C25H16F3NO/c1-2-8-16-9-3-4-10-17(16)20-15-29-24-19(12-7-13-21(24)25(26,27)28)23(20)18-11-5-6-14-22(18)30/h3-7,9-15,30H,1H3. The number of fused-ring (bicyclic) bond motifs is 1. The van der Waals surface area contributed by atoms with Crippen LogP contribution in [0.3, 0.4) is 0 Å². The molecule has 4 rings (SSSR count). The Morgan fingerprint density at radius 1 is 0.833 bits per heavy atom. The maximum absolute atomic E-state index is 13.6. The lowest BCUT2D eigenvalue weighted by Crippen LogP contribution is -2.07. The van der Waals surface area contributed by atoms with E-state index in [0.717, 1.165) is 17.2 Å². The Labute approximate surface area is 171 Å². The zero-order valence-electron chi connectivity index (χ0n) is 16.0. The molecule has 3 aromatic carbocycles. The number of rotatable bonds is 2. The average molecular weight is 403 g/mol. The number of pyridine rings is 1. The molecule has 0 saturated heterocycles. The van der Waals surface area contributed by atoms with Crippen molar-refractivity contribution >= 4 is 10.9 Å². The second-order valence-corrected chi connectivity index (χ2v) is 6.68. The van der Waals surface area contributed by atoms with Crippen molar-refractivity contribution in [1.29, 1.82) is 0 Å². The zero-order chi connectivity index (χ0) is 21.3. The van der Waals surface area contributed by atoms with Gasteiger partial charge >= 0.3 is 6.18 Å². The van der Waals surface area contributed by atoms with Gasteiger partial charge in [0.25, 0.3) is 0 Å². The molecule has 0 unspecified atom stereocenters. The Kier molecular flexibility index (Phi) is 4.93. The van der Waals surface area contributed by atoms with Crippen LogP contribution < -0.4 is 0 Å². The van der Waals surface area contributed by atoms with Gasteiger partial charge in [-0.05, 0) is 30.7 Å². The summed E-state index contributed by atoms with van der Waals surface area (Å²) in [5.41, 5.74) is 1.99. The molecule has 1 aromatic heterocycles. The van der Waals surface area contributed by atoms with Crippen molar-refractivity contribution in [2.75, 3.05) is 0 Å². The normalized spacial score (nSPS) is 11.2. The number of phenolic OH excluding ortho intramolecular Hbond substituents is 1. The van der Waals surface area contributed by atoms with Crippen LogP contribution in [-0.2, 0) is 6.18 Å². The number of halogens is 3. The minimum absolute atomic E-state index is 0.0253.